The average Bonchev–Trinajstić information content (AvgIpc) is 1.91. The summed E-state index contributed by atoms with van der Waals surface area (Å²) < 4.78 is 1.68. The third kappa shape index (κ3) is 1.56. The van der Waals surface area contributed by atoms with Crippen LogP contribution in [0.5, 0.6) is 0 Å². The zero-order chi connectivity index (χ0) is 5.28. The Kier molecular flexibility index (Phi) is 3.24. The van der Waals surface area contributed by atoms with Gasteiger partial charge in [-0.25, -0.2) is 0 Å². The highest BCUT2D eigenvalue weighted by Gasteiger charge is 2.15. The normalized spacial score (nSPS) is 18.6. The molecule has 48 valence electrons. The molecule has 0 aromatic heterocycles. The Morgan fingerprint density at radius 3 is 2.50 bits per heavy atom. The molecule has 0 radical (unpaired) electrons. The molecule has 0 N–H and O–H groups in total. The van der Waals surface area contributed by atoms with Gasteiger partial charge in [-0.1, -0.05) is 0 Å². The Hall–Kier alpha value is 0.110. The molecular weight excluding hydrogens is 146 g/mol. The lowest BCUT2D eigenvalue weighted by Crippen LogP contribution is -2.10. The molecule has 0 aliphatic carbocycles. The Morgan fingerprint density at radius 1 is 1.75 bits per heavy atom. The molecule has 0 atom stereocenters. The van der Waals surface area contributed by atoms with Crippen LogP contribution in [0.4, 0.5) is 0 Å². The summed E-state index contributed by atoms with van der Waals surface area (Å²) in [7, 11) is 1.81. The minimum atomic E-state index is 0. The van der Waals surface area contributed by atoms with Crippen molar-refractivity contribution in [1.29, 1.82) is 0 Å². The largest absolute Gasteiger partial charge is 0.289 e. The molecule has 1 fully saturated rings. The van der Waals surface area contributed by atoms with Gasteiger partial charge in [-0.05, 0) is 11.9 Å². The number of rotatable bonds is 0. The topological polar surface area (TPSA) is 20.3 Å². The standard InChI is InChI=1S/C4H7NOS.ClH/c1-5-4(6)2-3-7-5;/h2-3H2,1H3;1H. The van der Waals surface area contributed by atoms with Gasteiger partial charge in [0, 0.05) is 19.2 Å². The van der Waals surface area contributed by atoms with Crippen LogP contribution in [0.1, 0.15) is 6.42 Å². The number of hydrogen-bond acceptors (Lipinski definition) is 2. The maximum absolute atomic E-state index is 10.5. The van der Waals surface area contributed by atoms with Crippen LogP contribution in [0.25, 0.3) is 0 Å². The van der Waals surface area contributed by atoms with Gasteiger partial charge < -0.3 is 0 Å². The number of halogens is 1. The first-order valence-corrected chi connectivity index (χ1v) is 3.14. The van der Waals surface area contributed by atoms with Crippen molar-refractivity contribution in [2.75, 3.05) is 12.8 Å². The van der Waals surface area contributed by atoms with Crippen LogP contribution in [0.2, 0.25) is 0 Å². The first-order valence-electron chi connectivity index (χ1n) is 2.20. The van der Waals surface area contributed by atoms with Crippen molar-refractivity contribution in [3.8, 4) is 0 Å². The monoisotopic (exact) mass is 153 g/mol. The summed E-state index contributed by atoms with van der Waals surface area (Å²) in [4.78, 5) is 10.5. The highest BCUT2D eigenvalue weighted by Crippen LogP contribution is 2.17. The quantitative estimate of drug-likeness (QED) is 0.483. The van der Waals surface area contributed by atoms with Crippen LogP contribution < -0.4 is 0 Å². The summed E-state index contributed by atoms with van der Waals surface area (Å²) in [6.45, 7) is 0. The van der Waals surface area contributed by atoms with Crippen LogP contribution >= 0.6 is 24.4 Å². The third-order valence-electron chi connectivity index (χ3n) is 0.952. The van der Waals surface area contributed by atoms with E-state index in [1.807, 2.05) is 0 Å². The molecule has 2 nitrogen and oxygen atoms in total. The second kappa shape index (κ2) is 3.20. The Balaban J connectivity index is 0.000000490. The van der Waals surface area contributed by atoms with E-state index < -0.39 is 0 Å². The van der Waals surface area contributed by atoms with Crippen LogP contribution in [-0.4, -0.2) is 23.0 Å². The molecule has 0 aromatic rings. The molecule has 0 spiro atoms. The summed E-state index contributed by atoms with van der Waals surface area (Å²) in [6, 6.07) is 0. The van der Waals surface area contributed by atoms with Crippen molar-refractivity contribution in [3.05, 3.63) is 0 Å². The van der Waals surface area contributed by atoms with Crippen molar-refractivity contribution in [2.45, 2.75) is 6.42 Å². The van der Waals surface area contributed by atoms with Crippen LogP contribution in [0.15, 0.2) is 0 Å². The first-order chi connectivity index (χ1) is 3.30. The summed E-state index contributed by atoms with van der Waals surface area (Å²) in [5.41, 5.74) is 0. The number of amides is 1. The van der Waals surface area contributed by atoms with Crippen molar-refractivity contribution in [2.24, 2.45) is 0 Å². The maximum Gasteiger partial charge on any atom is 0.233 e. The number of hydrogen-bond donors (Lipinski definition) is 0. The molecule has 0 aromatic carbocycles. The smallest absolute Gasteiger partial charge is 0.233 e. The van der Waals surface area contributed by atoms with Gasteiger partial charge in [-0.2, -0.15) is 0 Å². The van der Waals surface area contributed by atoms with Gasteiger partial charge >= 0.3 is 0 Å². The van der Waals surface area contributed by atoms with E-state index in [1.54, 1.807) is 23.3 Å². The van der Waals surface area contributed by atoms with Gasteiger partial charge in [-0.15, -0.1) is 12.4 Å². The number of carbonyl (C=O) groups excluding carboxylic acids is 1. The molecule has 1 amide bonds. The van der Waals surface area contributed by atoms with E-state index in [4.69, 9.17) is 0 Å². The van der Waals surface area contributed by atoms with E-state index in [2.05, 4.69) is 0 Å². The molecule has 1 saturated heterocycles. The van der Waals surface area contributed by atoms with E-state index in [-0.39, 0.29) is 18.3 Å². The molecule has 1 aliphatic rings. The van der Waals surface area contributed by atoms with Crippen LogP contribution in [0.3, 0.4) is 0 Å². The van der Waals surface area contributed by atoms with Crippen LogP contribution in [0, 0.1) is 0 Å². The summed E-state index contributed by atoms with van der Waals surface area (Å²) in [6.07, 6.45) is 0.723. The van der Waals surface area contributed by atoms with E-state index in [1.165, 1.54) is 0 Å². The average molecular weight is 154 g/mol. The molecule has 4 heteroatoms. The molecule has 0 unspecified atom stereocenters. The van der Waals surface area contributed by atoms with E-state index >= 15 is 0 Å². The predicted molar refractivity (Wildman–Crippen MR) is 37.1 cm³/mol. The van der Waals surface area contributed by atoms with Crippen molar-refractivity contribution < 1.29 is 4.79 Å². The third-order valence-corrected chi connectivity index (χ3v) is 1.93. The van der Waals surface area contributed by atoms with Crippen molar-refractivity contribution >= 4 is 30.3 Å². The highest BCUT2D eigenvalue weighted by atomic mass is 35.5. The zero-order valence-corrected chi connectivity index (χ0v) is 6.22. The lowest BCUT2D eigenvalue weighted by molar-refractivity contribution is -0.124. The summed E-state index contributed by atoms with van der Waals surface area (Å²) in [5.74, 6) is 1.22. The molecule has 1 aliphatic heterocycles. The molecule has 0 bridgehead atoms. The van der Waals surface area contributed by atoms with E-state index in [0.29, 0.717) is 0 Å². The zero-order valence-electron chi connectivity index (χ0n) is 4.59. The minimum absolute atomic E-state index is 0. The predicted octanol–water partition coefficient (Wildman–Crippen LogP) is 0.919. The minimum Gasteiger partial charge on any atom is -0.289 e. The number of nitrogens with zero attached hydrogens (tertiary/aromatic N) is 1. The molecular formula is C4H8ClNOS. The second-order valence-electron chi connectivity index (χ2n) is 1.47. The fourth-order valence-electron chi connectivity index (χ4n) is 0.499. The van der Waals surface area contributed by atoms with Crippen molar-refractivity contribution in [1.82, 2.24) is 4.31 Å². The van der Waals surface area contributed by atoms with Gasteiger partial charge in [0.15, 0.2) is 0 Å². The second-order valence-corrected chi connectivity index (χ2v) is 2.69. The molecule has 0 saturated carbocycles. The summed E-state index contributed by atoms with van der Waals surface area (Å²) >= 11 is 1.59. The SMILES string of the molecule is CN1SCCC1=O.Cl. The van der Waals surface area contributed by atoms with Gasteiger partial charge in [0.2, 0.25) is 5.91 Å². The van der Waals surface area contributed by atoms with Crippen LogP contribution in [-0.2, 0) is 4.79 Å². The lowest BCUT2D eigenvalue weighted by atomic mass is 10.5. The van der Waals surface area contributed by atoms with Gasteiger partial charge in [0.25, 0.3) is 0 Å². The van der Waals surface area contributed by atoms with Gasteiger partial charge in [0.05, 0.1) is 0 Å². The molecule has 8 heavy (non-hydrogen) atoms. The highest BCUT2D eigenvalue weighted by molar-refractivity contribution is 7.97. The maximum atomic E-state index is 10.5. The summed E-state index contributed by atoms with van der Waals surface area (Å²) in [5, 5.41) is 0. The van der Waals surface area contributed by atoms with Crippen molar-refractivity contribution in [3.63, 3.8) is 0 Å². The van der Waals surface area contributed by atoms with Gasteiger partial charge in [-0.3, -0.25) is 9.10 Å². The van der Waals surface area contributed by atoms with Gasteiger partial charge in [0.1, 0.15) is 0 Å². The van der Waals surface area contributed by atoms with E-state index in [9.17, 15) is 4.79 Å². The Morgan fingerprint density at radius 2 is 2.38 bits per heavy atom. The first kappa shape index (κ1) is 8.11. The molecule has 1 heterocycles. The fraction of sp³-hybridized carbons (Fsp3) is 0.750. The van der Waals surface area contributed by atoms with E-state index in [0.717, 1.165) is 12.2 Å². The molecule has 1 rings (SSSR count). The fourth-order valence-corrected chi connectivity index (χ4v) is 1.27. The number of carbonyl (C=O) groups is 1. The Labute approximate surface area is 59.2 Å². The Bertz CT molecular complexity index is 98.0. The lowest BCUT2D eigenvalue weighted by Gasteiger charge is -2.01.